The number of halogens is 1. The largest absolute Gasteiger partial charge is 0.321 e. The molecule has 0 aromatic heterocycles. The first-order valence-corrected chi connectivity index (χ1v) is 6.62. The molecule has 0 saturated heterocycles. The van der Waals surface area contributed by atoms with E-state index in [0.29, 0.717) is 6.42 Å². The number of nitrogens with two attached hydrogens (primary N) is 1. The SMILES string of the molecule is CC(F)Cc1cccc(C2(N)CCCCC2)c1. The van der Waals surface area contributed by atoms with Gasteiger partial charge in [0, 0.05) is 12.0 Å². The van der Waals surface area contributed by atoms with E-state index in [9.17, 15) is 4.39 Å². The number of hydrogen-bond acceptors (Lipinski definition) is 1. The highest BCUT2D eigenvalue weighted by molar-refractivity contribution is 5.30. The molecule has 1 aromatic carbocycles. The summed E-state index contributed by atoms with van der Waals surface area (Å²) in [5.74, 6) is 0. The van der Waals surface area contributed by atoms with E-state index in [4.69, 9.17) is 5.73 Å². The molecule has 1 atom stereocenters. The van der Waals surface area contributed by atoms with E-state index < -0.39 is 6.17 Å². The summed E-state index contributed by atoms with van der Waals surface area (Å²) < 4.78 is 13.0. The lowest BCUT2D eigenvalue weighted by atomic mass is 9.77. The third kappa shape index (κ3) is 3.06. The Morgan fingerprint density at radius 3 is 2.65 bits per heavy atom. The molecule has 1 aliphatic carbocycles. The average Bonchev–Trinajstić information content (AvgIpc) is 2.29. The zero-order valence-corrected chi connectivity index (χ0v) is 10.6. The van der Waals surface area contributed by atoms with Crippen molar-refractivity contribution in [3.8, 4) is 0 Å². The van der Waals surface area contributed by atoms with Crippen molar-refractivity contribution >= 4 is 0 Å². The van der Waals surface area contributed by atoms with Crippen LogP contribution in [0.2, 0.25) is 0 Å². The normalized spacial score (nSPS) is 21.1. The predicted molar refractivity (Wildman–Crippen MR) is 69.7 cm³/mol. The van der Waals surface area contributed by atoms with Crippen molar-refractivity contribution in [1.82, 2.24) is 0 Å². The maximum absolute atomic E-state index is 13.0. The maximum Gasteiger partial charge on any atom is 0.101 e. The van der Waals surface area contributed by atoms with Gasteiger partial charge in [0.2, 0.25) is 0 Å². The van der Waals surface area contributed by atoms with Crippen LogP contribution in [0, 0.1) is 0 Å². The van der Waals surface area contributed by atoms with Crippen molar-refractivity contribution in [2.45, 2.75) is 57.2 Å². The van der Waals surface area contributed by atoms with Gasteiger partial charge in [0.15, 0.2) is 0 Å². The lowest BCUT2D eigenvalue weighted by Gasteiger charge is -2.34. The molecule has 0 radical (unpaired) electrons. The quantitative estimate of drug-likeness (QED) is 0.849. The van der Waals surface area contributed by atoms with Gasteiger partial charge in [0.25, 0.3) is 0 Å². The van der Waals surface area contributed by atoms with Crippen molar-refractivity contribution < 1.29 is 4.39 Å². The summed E-state index contributed by atoms with van der Waals surface area (Å²) >= 11 is 0. The summed E-state index contributed by atoms with van der Waals surface area (Å²) in [7, 11) is 0. The molecule has 17 heavy (non-hydrogen) atoms. The minimum Gasteiger partial charge on any atom is -0.321 e. The molecule has 1 fully saturated rings. The number of hydrogen-bond donors (Lipinski definition) is 1. The van der Waals surface area contributed by atoms with Crippen LogP contribution in [0.4, 0.5) is 4.39 Å². The smallest absolute Gasteiger partial charge is 0.101 e. The maximum atomic E-state index is 13.0. The van der Waals surface area contributed by atoms with Gasteiger partial charge >= 0.3 is 0 Å². The van der Waals surface area contributed by atoms with Gasteiger partial charge in [-0.15, -0.1) is 0 Å². The second kappa shape index (κ2) is 5.18. The zero-order valence-electron chi connectivity index (χ0n) is 10.6. The van der Waals surface area contributed by atoms with Gasteiger partial charge in [-0.25, -0.2) is 4.39 Å². The van der Waals surface area contributed by atoms with Gasteiger partial charge in [-0.2, -0.15) is 0 Å². The van der Waals surface area contributed by atoms with Crippen LogP contribution >= 0.6 is 0 Å². The minimum absolute atomic E-state index is 0.173. The fourth-order valence-electron chi connectivity index (χ4n) is 2.80. The highest BCUT2D eigenvalue weighted by Crippen LogP contribution is 2.35. The van der Waals surface area contributed by atoms with Gasteiger partial charge in [-0.3, -0.25) is 0 Å². The topological polar surface area (TPSA) is 26.0 Å². The predicted octanol–water partition coefficient (Wildman–Crippen LogP) is 3.71. The van der Waals surface area contributed by atoms with E-state index in [1.807, 2.05) is 12.1 Å². The Morgan fingerprint density at radius 1 is 1.29 bits per heavy atom. The second-order valence-electron chi connectivity index (χ2n) is 5.40. The third-order valence-electron chi connectivity index (χ3n) is 3.76. The standard InChI is InChI=1S/C15H22FN/c1-12(16)10-13-6-5-7-14(11-13)15(17)8-3-2-4-9-15/h5-7,11-12H,2-4,8-10,17H2,1H3. The van der Waals surface area contributed by atoms with Gasteiger partial charge in [-0.1, -0.05) is 43.5 Å². The number of benzene rings is 1. The van der Waals surface area contributed by atoms with Crippen molar-refractivity contribution in [3.63, 3.8) is 0 Å². The molecule has 0 aliphatic heterocycles. The van der Waals surface area contributed by atoms with Gasteiger partial charge in [-0.05, 0) is 30.9 Å². The Bertz CT molecular complexity index is 367. The minimum atomic E-state index is -0.787. The molecule has 2 heteroatoms. The Hall–Kier alpha value is -0.890. The second-order valence-corrected chi connectivity index (χ2v) is 5.40. The van der Waals surface area contributed by atoms with Crippen LogP contribution in [0.1, 0.15) is 50.2 Å². The van der Waals surface area contributed by atoms with E-state index in [2.05, 4.69) is 12.1 Å². The summed E-state index contributed by atoms with van der Waals surface area (Å²) in [5.41, 5.74) is 8.57. The summed E-state index contributed by atoms with van der Waals surface area (Å²) in [6.45, 7) is 1.60. The lowest BCUT2D eigenvalue weighted by Crippen LogP contribution is -2.38. The summed E-state index contributed by atoms with van der Waals surface area (Å²) in [5, 5.41) is 0. The molecule has 0 heterocycles. The fraction of sp³-hybridized carbons (Fsp3) is 0.600. The molecule has 0 spiro atoms. The van der Waals surface area contributed by atoms with E-state index in [-0.39, 0.29) is 5.54 Å². The first-order chi connectivity index (χ1) is 8.10. The monoisotopic (exact) mass is 235 g/mol. The molecule has 0 bridgehead atoms. The molecular formula is C15H22FN. The molecule has 1 aliphatic rings. The molecule has 1 aromatic rings. The van der Waals surface area contributed by atoms with Crippen LogP contribution in [-0.2, 0) is 12.0 Å². The number of alkyl halides is 1. The first-order valence-electron chi connectivity index (χ1n) is 6.62. The van der Waals surface area contributed by atoms with Crippen LogP contribution in [0.3, 0.4) is 0 Å². The van der Waals surface area contributed by atoms with Crippen molar-refractivity contribution in [2.75, 3.05) is 0 Å². The molecule has 1 saturated carbocycles. The van der Waals surface area contributed by atoms with Crippen LogP contribution in [0.15, 0.2) is 24.3 Å². The Balaban J connectivity index is 2.19. The molecule has 1 unspecified atom stereocenters. The third-order valence-corrected chi connectivity index (χ3v) is 3.76. The van der Waals surface area contributed by atoms with E-state index in [1.54, 1.807) is 6.92 Å². The molecule has 2 N–H and O–H groups in total. The average molecular weight is 235 g/mol. The van der Waals surface area contributed by atoms with E-state index >= 15 is 0 Å². The van der Waals surface area contributed by atoms with E-state index in [1.165, 1.54) is 24.8 Å². The molecule has 0 amide bonds. The Morgan fingerprint density at radius 2 is 2.00 bits per heavy atom. The zero-order chi connectivity index (χ0) is 12.3. The van der Waals surface area contributed by atoms with Crippen LogP contribution in [0.5, 0.6) is 0 Å². The van der Waals surface area contributed by atoms with E-state index in [0.717, 1.165) is 18.4 Å². The van der Waals surface area contributed by atoms with Crippen LogP contribution < -0.4 is 5.73 Å². The highest BCUT2D eigenvalue weighted by Gasteiger charge is 2.29. The highest BCUT2D eigenvalue weighted by atomic mass is 19.1. The summed E-state index contributed by atoms with van der Waals surface area (Å²) in [6, 6.07) is 8.20. The summed E-state index contributed by atoms with van der Waals surface area (Å²) in [6.07, 6.45) is 5.53. The molecule has 94 valence electrons. The summed E-state index contributed by atoms with van der Waals surface area (Å²) in [4.78, 5) is 0. The van der Waals surface area contributed by atoms with Crippen LogP contribution in [-0.4, -0.2) is 6.17 Å². The fourth-order valence-corrected chi connectivity index (χ4v) is 2.80. The van der Waals surface area contributed by atoms with Crippen molar-refractivity contribution in [2.24, 2.45) is 5.73 Å². The van der Waals surface area contributed by atoms with Gasteiger partial charge < -0.3 is 5.73 Å². The van der Waals surface area contributed by atoms with Gasteiger partial charge in [0.05, 0.1) is 0 Å². The first kappa shape index (κ1) is 12.6. The molecule has 1 nitrogen and oxygen atoms in total. The Kier molecular flexibility index (Phi) is 3.82. The molecular weight excluding hydrogens is 213 g/mol. The Labute approximate surface area is 103 Å². The number of rotatable bonds is 3. The lowest BCUT2D eigenvalue weighted by molar-refractivity contribution is 0.301. The van der Waals surface area contributed by atoms with Crippen LogP contribution in [0.25, 0.3) is 0 Å². The van der Waals surface area contributed by atoms with Crippen molar-refractivity contribution in [1.29, 1.82) is 0 Å². The van der Waals surface area contributed by atoms with Gasteiger partial charge in [0.1, 0.15) is 6.17 Å². The van der Waals surface area contributed by atoms with Crippen molar-refractivity contribution in [3.05, 3.63) is 35.4 Å². The molecule has 2 rings (SSSR count).